The molecule has 2 N–H and O–H groups in total. The number of carboxylic acids is 1. The Hall–Kier alpha value is -1.91. The van der Waals surface area contributed by atoms with Gasteiger partial charge in [0.05, 0.1) is 11.9 Å². The van der Waals surface area contributed by atoms with Crippen LogP contribution in [0.1, 0.15) is 49.9 Å². The minimum absolute atomic E-state index is 0.0239. The van der Waals surface area contributed by atoms with Gasteiger partial charge >= 0.3 is 5.97 Å². The number of nitrogens with one attached hydrogen (secondary N) is 1. The fourth-order valence-electron chi connectivity index (χ4n) is 1.33. The molecule has 0 amide bonds. The lowest BCUT2D eigenvalue weighted by atomic mass is 10.2. The number of hydrogen-bond acceptors (Lipinski definition) is 4. The molecule has 18 heavy (non-hydrogen) atoms. The molecule has 5 heteroatoms. The van der Waals surface area contributed by atoms with E-state index < -0.39 is 5.97 Å². The quantitative estimate of drug-likeness (QED) is 0.785. The largest absolute Gasteiger partial charge is 0.476 e. The number of aromatic carboxylic acids is 1. The highest BCUT2D eigenvalue weighted by atomic mass is 16.4. The number of rotatable bonds is 5. The van der Waals surface area contributed by atoms with Crippen LogP contribution in [0.3, 0.4) is 0 Å². The fraction of sp³-hybridized carbons (Fsp3) is 0.462. The highest BCUT2D eigenvalue weighted by molar-refractivity contribution is 5.91. The van der Waals surface area contributed by atoms with Crippen LogP contribution < -0.4 is 5.32 Å². The molecule has 0 unspecified atom stereocenters. The Kier molecular flexibility index (Phi) is 4.83. The molecule has 5 nitrogen and oxygen atoms in total. The number of aromatic nitrogens is 2. The molecule has 0 atom stereocenters. The lowest BCUT2D eigenvalue weighted by molar-refractivity contribution is 0.0691. The number of allylic oxidation sites excluding steroid dienone is 1. The number of carbonyl (C=O) groups is 1. The second-order valence-electron chi connectivity index (χ2n) is 4.61. The predicted molar refractivity (Wildman–Crippen MR) is 71.0 cm³/mol. The Labute approximate surface area is 107 Å². The third kappa shape index (κ3) is 3.84. The molecule has 0 saturated carbocycles. The predicted octanol–water partition coefficient (Wildman–Crippen LogP) is 2.68. The van der Waals surface area contributed by atoms with Crippen LogP contribution in [0, 0.1) is 0 Å². The summed E-state index contributed by atoms with van der Waals surface area (Å²) in [5.41, 5.74) is 1.64. The van der Waals surface area contributed by atoms with E-state index in [1.807, 2.05) is 33.8 Å². The van der Waals surface area contributed by atoms with Crippen molar-refractivity contribution in [3.05, 3.63) is 29.4 Å². The van der Waals surface area contributed by atoms with Crippen molar-refractivity contribution >= 4 is 11.7 Å². The van der Waals surface area contributed by atoms with E-state index in [1.165, 1.54) is 11.8 Å². The van der Waals surface area contributed by atoms with Gasteiger partial charge in [0.15, 0.2) is 5.69 Å². The van der Waals surface area contributed by atoms with E-state index in [0.29, 0.717) is 18.1 Å². The lowest BCUT2D eigenvalue weighted by Crippen LogP contribution is -2.12. The zero-order valence-electron chi connectivity index (χ0n) is 11.2. The molecule has 1 aromatic heterocycles. The molecule has 1 aromatic rings. The molecular formula is C13H19N3O2. The Morgan fingerprint density at radius 3 is 2.67 bits per heavy atom. The minimum atomic E-state index is -1.04. The van der Waals surface area contributed by atoms with Crippen molar-refractivity contribution in [2.45, 2.75) is 33.6 Å². The standard InChI is InChI=1S/C13H19N3O2/c1-8(2)5-6-14-10-7-15-12(9(3)4)16-11(10)13(17)18/h5,7,9,14H,6H2,1-4H3,(H,17,18). The molecule has 0 aromatic carbocycles. The number of carboxylic acid groups (broad SMARTS) is 1. The van der Waals surface area contributed by atoms with E-state index in [4.69, 9.17) is 5.11 Å². The maximum Gasteiger partial charge on any atom is 0.356 e. The van der Waals surface area contributed by atoms with E-state index in [2.05, 4.69) is 15.3 Å². The number of anilines is 1. The molecule has 0 aliphatic carbocycles. The molecule has 98 valence electrons. The van der Waals surface area contributed by atoms with Crippen LogP contribution in [-0.2, 0) is 0 Å². The zero-order chi connectivity index (χ0) is 13.7. The first kappa shape index (κ1) is 14.2. The maximum absolute atomic E-state index is 11.1. The van der Waals surface area contributed by atoms with Gasteiger partial charge in [-0.3, -0.25) is 0 Å². The second-order valence-corrected chi connectivity index (χ2v) is 4.61. The summed E-state index contributed by atoms with van der Waals surface area (Å²) in [6.07, 6.45) is 3.51. The Bertz CT molecular complexity index is 463. The van der Waals surface area contributed by atoms with Crippen LogP contribution in [-0.4, -0.2) is 27.6 Å². The van der Waals surface area contributed by atoms with Crippen molar-refractivity contribution < 1.29 is 9.90 Å². The first-order valence-electron chi connectivity index (χ1n) is 5.89. The Balaban J connectivity index is 2.97. The van der Waals surface area contributed by atoms with Gasteiger partial charge in [0.2, 0.25) is 0 Å². The van der Waals surface area contributed by atoms with Crippen LogP contribution in [0.4, 0.5) is 5.69 Å². The third-order valence-electron chi connectivity index (χ3n) is 2.33. The van der Waals surface area contributed by atoms with Crippen molar-refractivity contribution in [3.8, 4) is 0 Å². The summed E-state index contributed by atoms with van der Waals surface area (Å²) in [5, 5.41) is 12.1. The first-order valence-corrected chi connectivity index (χ1v) is 5.89. The van der Waals surface area contributed by atoms with E-state index in [9.17, 15) is 4.79 Å². The van der Waals surface area contributed by atoms with Gasteiger partial charge in [-0.25, -0.2) is 14.8 Å². The molecule has 0 fully saturated rings. The molecule has 0 bridgehead atoms. The summed E-state index contributed by atoms with van der Waals surface area (Å²) in [4.78, 5) is 19.4. The molecule has 0 aliphatic heterocycles. The number of hydrogen-bond donors (Lipinski definition) is 2. The molecule has 1 rings (SSSR count). The summed E-state index contributed by atoms with van der Waals surface area (Å²) < 4.78 is 0. The van der Waals surface area contributed by atoms with Gasteiger partial charge in [-0.15, -0.1) is 0 Å². The van der Waals surface area contributed by atoms with Gasteiger partial charge in [0.25, 0.3) is 0 Å². The average molecular weight is 249 g/mol. The van der Waals surface area contributed by atoms with Gasteiger partial charge in [-0.05, 0) is 13.8 Å². The number of nitrogens with zero attached hydrogens (tertiary/aromatic N) is 2. The third-order valence-corrected chi connectivity index (χ3v) is 2.33. The van der Waals surface area contributed by atoms with Crippen LogP contribution in [0.2, 0.25) is 0 Å². The molecule has 0 spiro atoms. The lowest BCUT2D eigenvalue weighted by Gasteiger charge is -2.10. The van der Waals surface area contributed by atoms with Crippen molar-refractivity contribution in [1.82, 2.24) is 9.97 Å². The van der Waals surface area contributed by atoms with Crippen LogP contribution in [0.25, 0.3) is 0 Å². The first-order chi connectivity index (χ1) is 8.41. The summed E-state index contributed by atoms with van der Waals surface area (Å²) in [6, 6.07) is 0. The average Bonchev–Trinajstić information content (AvgIpc) is 2.28. The second kappa shape index (κ2) is 6.14. The van der Waals surface area contributed by atoms with Crippen molar-refractivity contribution in [2.75, 3.05) is 11.9 Å². The summed E-state index contributed by atoms with van der Waals surface area (Å²) in [5.74, 6) is -0.394. The van der Waals surface area contributed by atoms with Crippen LogP contribution >= 0.6 is 0 Å². The van der Waals surface area contributed by atoms with Gasteiger partial charge in [-0.1, -0.05) is 25.5 Å². The van der Waals surface area contributed by atoms with E-state index in [1.54, 1.807) is 0 Å². The van der Waals surface area contributed by atoms with Crippen LogP contribution in [0.15, 0.2) is 17.8 Å². The van der Waals surface area contributed by atoms with E-state index >= 15 is 0 Å². The van der Waals surface area contributed by atoms with E-state index in [-0.39, 0.29) is 11.6 Å². The molecule has 0 aliphatic rings. The fourth-order valence-corrected chi connectivity index (χ4v) is 1.33. The van der Waals surface area contributed by atoms with Crippen molar-refractivity contribution in [3.63, 3.8) is 0 Å². The normalized spacial score (nSPS) is 10.3. The van der Waals surface area contributed by atoms with Gasteiger partial charge < -0.3 is 10.4 Å². The van der Waals surface area contributed by atoms with Crippen molar-refractivity contribution in [2.24, 2.45) is 0 Å². The maximum atomic E-state index is 11.1. The molecular weight excluding hydrogens is 230 g/mol. The van der Waals surface area contributed by atoms with Gasteiger partial charge in [-0.2, -0.15) is 0 Å². The SMILES string of the molecule is CC(C)=CCNc1cnc(C(C)C)nc1C(=O)O. The van der Waals surface area contributed by atoms with Crippen molar-refractivity contribution in [1.29, 1.82) is 0 Å². The van der Waals surface area contributed by atoms with E-state index in [0.717, 1.165) is 0 Å². The summed E-state index contributed by atoms with van der Waals surface area (Å²) >= 11 is 0. The highest BCUT2D eigenvalue weighted by Crippen LogP contribution is 2.16. The molecule has 0 radical (unpaired) electrons. The van der Waals surface area contributed by atoms with Gasteiger partial charge in [0.1, 0.15) is 5.82 Å². The smallest absolute Gasteiger partial charge is 0.356 e. The summed E-state index contributed by atoms with van der Waals surface area (Å²) in [6.45, 7) is 8.39. The molecule has 0 saturated heterocycles. The zero-order valence-corrected chi connectivity index (χ0v) is 11.2. The Morgan fingerprint density at radius 1 is 1.50 bits per heavy atom. The van der Waals surface area contributed by atoms with Crippen LogP contribution in [0.5, 0.6) is 0 Å². The van der Waals surface area contributed by atoms with Gasteiger partial charge in [0, 0.05) is 12.5 Å². The highest BCUT2D eigenvalue weighted by Gasteiger charge is 2.14. The monoisotopic (exact) mass is 249 g/mol. The summed E-state index contributed by atoms with van der Waals surface area (Å²) in [7, 11) is 0. The Morgan fingerprint density at radius 2 is 2.17 bits per heavy atom. The topological polar surface area (TPSA) is 75.1 Å². The molecule has 1 heterocycles. The minimum Gasteiger partial charge on any atom is -0.476 e.